The summed E-state index contributed by atoms with van der Waals surface area (Å²) in [5.41, 5.74) is 7.14. The lowest BCUT2D eigenvalue weighted by Crippen LogP contribution is -1.90. The highest BCUT2D eigenvalue weighted by Gasteiger charge is 2.16. The van der Waals surface area contributed by atoms with E-state index in [1.54, 1.807) is 0 Å². The number of rotatable bonds is 1. The van der Waals surface area contributed by atoms with Crippen LogP contribution < -0.4 is 0 Å². The molecule has 0 saturated heterocycles. The molecule has 0 N–H and O–H groups in total. The second kappa shape index (κ2) is 3.69. The number of fused-ring (bicyclic) bond motifs is 1. The van der Waals surface area contributed by atoms with Gasteiger partial charge in [0.15, 0.2) is 0 Å². The molecule has 0 aromatic rings. The van der Waals surface area contributed by atoms with Crippen molar-refractivity contribution in [1.82, 2.24) is 0 Å². The lowest BCUT2D eigenvalue weighted by Gasteiger charge is -2.09. The van der Waals surface area contributed by atoms with Gasteiger partial charge in [-0.3, -0.25) is 0 Å². The maximum Gasteiger partial charge on any atom is -0.0117 e. The molecule has 0 heterocycles. The predicted molar refractivity (Wildman–Crippen MR) is 66.6 cm³/mol. The summed E-state index contributed by atoms with van der Waals surface area (Å²) in [5, 5.41) is 0. The molecule has 0 fully saturated rings. The third kappa shape index (κ3) is 1.65. The average Bonchev–Trinajstić information content (AvgIpc) is 2.40. The zero-order valence-corrected chi connectivity index (χ0v) is 9.96. The maximum absolute atomic E-state index is 2.30. The Hall–Kier alpha value is -1.30. The molecule has 2 rings (SSSR count). The van der Waals surface area contributed by atoms with Gasteiger partial charge >= 0.3 is 0 Å². The fourth-order valence-corrected chi connectivity index (χ4v) is 2.49. The first-order valence-electron chi connectivity index (χ1n) is 5.60. The summed E-state index contributed by atoms with van der Waals surface area (Å²) in [5.74, 6) is 0.601. The zero-order valence-electron chi connectivity index (χ0n) is 9.96. The van der Waals surface area contributed by atoms with E-state index in [0.717, 1.165) is 0 Å². The van der Waals surface area contributed by atoms with Crippen LogP contribution in [0.4, 0.5) is 0 Å². The van der Waals surface area contributed by atoms with Crippen LogP contribution in [-0.2, 0) is 0 Å². The summed E-state index contributed by atoms with van der Waals surface area (Å²) in [6.07, 6.45) is 0. The van der Waals surface area contributed by atoms with Crippen molar-refractivity contribution in [3.05, 3.63) is 47.0 Å². The van der Waals surface area contributed by atoms with Crippen LogP contribution in [0.3, 0.4) is 0 Å². The minimum Gasteiger partial charge on any atom is -0.0620 e. The highest BCUT2D eigenvalue weighted by Crippen LogP contribution is 2.37. The molecule has 0 bridgehead atoms. The summed E-state index contributed by atoms with van der Waals surface area (Å²) in [4.78, 5) is 0. The number of hydrogen-bond acceptors (Lipinski definition) is 0. The van der Waals surface area contributed by atoms with Crippen LogP contribution in [0, 0.1) is 13.8 Å². The Balaban J connectivity index is 2.80. The highest BCUT2D eigenvalue weighted by atomic mass is 14.2. The van der Waals surface area contributed by atoms with Crippen molar-refractivity contribution in [3.63, 3.8) is 0 Å². The molecule has 2 aliphatic rings. The van der Waals surface area contributed by atoms with Crippen molar-refractivity contribution >= 4 is 0 Å². The third-order valence-corrected chi connectivity index (χ3v) is 3.06. The van der Waals surface area contributed by atoms with Gasteiger partial charge in [0.25, 0.3) is 0 Å². The van der Waals surface area contributed by atoms with Gasteiger partial charge in [-0.25, -0.2) is 0 Å². The zero-order chi connectivity index (χ0) is 11.0. The van der Waals surface area contributed by atoms with Crippen molar-refractivity contribution in [1.29, 1.82) is 0 Å². The first-order chi connectivity index (χ1) is 7.11. The van der Waals surface area contributed by atoms with Gasteiger partial charge in [-0.15, -0.1) is 0 Å². The molecule has 0 unspecified atom stereocenters. The third-order valence-electron chi connectivity index (χ3n) is 3.06. The molecule has 0 aromatic carbocycles. The number of hydrogen-bond donors (Lipinski definition) is 0. The Labute approximate surface area is 92.3 Å². The van der Waals surface area contributed by atoms with Gasteiger partial charge in [-0.05, 0) is 47.6 Å². The minimum atomic E-state index is 0.601. The summed E-state index contributed by atoms with van der Waals surface area (Å²) < 4.78 is 0. The van der Waals surface area contributed by atoms with Gasteiger partial charge in [-0.1, -0.05) is 44.2 Å². The van der Waals surface area contributed by atoms with Gasteiger partial charge in [-0.2, -0.15) is 0 Å². The molecule has 0 aliphatic heterocycles. The van der Waals surface area contributed by atoms with E-state index >= 15 is 0 Å². The van der Waals surface area contributed by atoms with E-state index in [-0.39, 0.29) is 0 Å². The summed E-state index contributed by atoms with van der Waals surface area (Å²) in [7, 11) is 0. The molecule has 0 radical (unpaired) electrons. The van der Waals surface area contributed by atoms with E-state index in [2.05, 4.69) is 58.0 Å². The molecule has 15 heavy (non-hydrogen) atoms. The smallest absolute Gasteiger partial charge is 0.0117 e. The van der Waals surface area contributed by atoms with Crippen LogP contribution >= 0.6 is 0 Å². The van der Waals surface area contributed by atoms with Crippen molar-refractivity contribution in [3.8, 4) is 11.1 Å². The first kappa shape index (κ1) is 10.2. The molecule has 0 nitrogen and oxygen atoms in total. The molecule has 0 atom stereocenters. The average molecular weight is 198 g/mol. The Kier molecular flexibility index (Phi) is 2.52. The van der Waals surface area contributed by atoms with Crippen LogP contribution in [0.2, 0.25) is 0 Å². The van der Waals surface area contributed by atoms with Crippen LogP contribution in [0.1, 0.15) is 36.5 Å². The predicted octanol–water partition coefficient (Wildman–Crippen LogP) is 4.53. The van der Waals surface area contributed by atoms with Crippen LogP contribution in [0.15, 0.2) is 30.3 Å². The van der Waals surface area contributed by atoms with E-state index < -0.39 is 0 Å². The largest absolute Gasteiger partial charge is 0.0620 e. The Morgan fingerprint density at radius 1 is 0.933 bits per heavy atom. The first-order valence-corrected chi connectivity index (χ1v) is 5.60. The normalized spacial score (nSPS) is 11.3. The second-order valence-electron chi connectivity index (χ2n) is 4.63. The lowest BCUT2D eigenvalue weighted by molar-refractivity contribution is 0.864. The summed E-state index contributed by atoms with van der Waals surface area (Å²) >= 11 is 0. The van der Waals surface area contributed by atoms with Crippen LogP contribution in [0.5, 0.6) is 0 Å². The Morgan fingerprint density at radius 3 is 2.27 bits per heavy atom. The van der Waals surface area contributed by atoms with E-state index in [9.17, 15) is 0 Å². The Morgan fingerprint density at radius 2 is 1.60 bits per heavy atom. The molecule has 2 aliphatic carbocycles. The van der Waals surface area contributed by atoms with Crippen molar-refractivity contribution in [2.24, 2.45) is 0 Å². The summed E-state index contributed by atoms with van der Waals surface area (Å²) in [6.45, 7) is 8.96. The quantitative estimate of drug-likeness (QED) is 0.631. The van der Waals surface area contributed by atoms with E-state index in [0.29, 0.717) is 5.92 Å². The molecular weight excluding hydrogens is 180 g/mol. The standard InChI is InChI=1S/C15H18/c1-10(2)14-12(4)9-13-8-6-5-7-11(3)15(13)14/h5-10H,1-4H3. The molecule has 0 amide bonds. The highest BCUT2D eigenvalue weighted by molar-refractivity contribution is 5.76. The fraction of sp³-hybridized carbons (Fsp3) is 0.333. The van der Waals surface area contributed by atoms with Crippen molar-refractivity contribution < 1.29 is 0 Å². The molecular formula is C15H18. The minimum absolute atomic E-state index is 0.601. The van der Waals surface area contributed by atoms with E-state index in [4.69, 9.17) is 0 Å². The second-order valence-corrected chi connectivity index (χ2v) is 4.63. The van der Waals surface area contributed by atoms with Crippen LogP contribution in [0.25, 0.3) is 11.1 Å². The van der Waals surface area contributed by atoms with Gasteiger partial charge < -0.3 is 0 Å². The summed E-state index contributed by atoms with van der Waals surface area (Å²) in [6, 6.07) is 11.0. The molecule has 0 spiro atoms. The van der Waals surface area contributed by atoms with E-state index in [1.165, 1.54) is 27.8 Å². The van der Waals surface area contributed by atoms with Crippen molar-refractivity contribution in [2.75, 3.05) is 0 Å². The number of aryl methyl sites for hydroxylation is 2. The van der Waals surface area contributed by atoms with Gasteiger partial charge in [0.2, 0.25) is 0 Å². The fourth-order valence-electron chi connectivity index (χ4n) is 2.49. The molecule has 0 heteroatoms. The van der Waals surface area contributed by atoms with Crippen LogP contribution in [-0.4, -0.2) is 0 Å². The topological polar surface area (TPSA) is 0 Å². The van der Waals surface area contributed by atoms with Gasteiger partial charge in [0, 0.05) is 0 Å². The van der Waals surface area contributed by atoms with Gasteiger partial charge in [0.05, 0.1) is 0 Å². The maximum atomic E-state index is 2.30. The van der Waals surface area contributed by atoms with E-state index in [1.807, 2.05) is 0 Å². The molecule has 78 valence electrons. The Bertz CT molecular complexity index is 452. The molecule has 0 saturated carbocycles. The lowest BCUT2D eigenvalue weighted by atomic mass is 9.95. The monoisotopic (exact) mass is 198 g/mol. The molecule has 0 aromatic heterocycles. The van der Waals surface area contributed by atoms with Crippen molar-refractivity contribution in [2.45, 2.75) is 33.6 Å². The SMILES string of the molecule is Cc1ccccc2cc(C)c(C(C)C)c1-2. The van der Waals surface area contributed by atoms with Gasteiger partial charge in [0.1, 0.15) is 0 Å².